The third-order valence-electron chi connectivity index (χ3n) is 10.8. The second kappa shape index (κ2) is 29.2. The van der Waals surface area contributed by atoms with Crippen LogP contribution < -0.4 is 0 Å². The summed E-state index contributed by atoms with van der Waals surface area (Å²) in [6, 6.07) is 0. The molecule has 0 amide bonds. The minimum absolute atomic E-state index is 0.230. The van der Waals surface area contributed by atoms with Gasteiger partial charge in [-0.25, -0.2) is 4.79 Å². The summed E-state index contributed by atoms with van der Waals surface area (Å²) in [6.45, 7) is 1.39. The Kier molecular flexibility index (Phi) is 26.4. The van der Waals surface area contributed by atoms with E-state index < -0.39 is 67.7 Å². The van der Waals surface area contributed by atoms with Crippen molar-refractivity contribution >= 4 is 5.97 Å². The largest absolute Gasteiger partial charge is 0.478 e. The molecule has 0 radical (unpaired) electrons. The number of ether oxygens (including phenoxy) is 3. The average molecular weight is 745 g/mol. The number of aliphatic hydroxyl groups excluding tert-OH is 6. The molecule has 7 N–H and O–H groups in total. The van der Waals surface area contributed by atoms with Gasteiger partial charge in [0, 0.05) is 12.0 Å². The SMILES string of the molecule is CCCCCCCCCCCCCCCCCCCCCCCCC=C(CCC(O)CC1OC1C(O)COC1OC(CO)C(O)C(O)C1O)C(=O)O. The van der Waals surface area contributed by atoms with Gasteiger partial charge in [-0.05, 0) is 25.7 Å². The Balaban J connectivity index is 1.41. The van der Waals surface area contributed by atoms with Crippen molar-refractivity contribution in [3.8, 4) is 0 Å². The van der Waals surface area contributed by atoms with Crippen LogP contribution in [0.1, 0.15) is 174 Å². The molecule has 2 fully saturated rings. The highest BCUT2D eigenvalue weighted by Crippen LogP contribution is 2.32. The maximum atomic E-state index is 11.8. The third-order valence-corrected chi connectivity index (χ3v) is 10.8. The van der Waals surface area contributed by atoms with Gasteiger partial charge in [0.25, 0.3) is 0 Å². The zero-order valence-corrected chi connectivity index (χ0v) is 32.3. The Bertz CT molecular complexity index is 915. The van der Waals surface area contributed by atoms with E-state index in [1.165, 1.54) is 128 Å². The molecule has 0 aliphatic carbocycles. The first kappa shape index (κ1) is 47.0. The van der Waals surface area contributed by atoms with E-state index in [4.69, 9.17) is 14.2 Å². The molecule has 0 aromatic heterocycles. The molecular weight excluding hydrogens is 668 g/mol. The van der Waals surface area contributed by atoms with Gasteiger partial charge in [0.2, 0.25) is 0 Å². The van der Waals surface area contributed by atoms with Crippen LogP contribution in [0.5, 0.6) is 0 Å². The molecule has 9 atom stereocenters. The zero-order valence-electron chi connectivity index (χ0n) is 32.3. The summed E-state index contributed by atoms with van der Waals surface area (Å²) >= 11 is 0. The second-order valence-electron chi connectivity index (χ2n) is 15.4. The summed E-state index contributed by atoms with van der Waals surface area (Å²) in [6.07, 6.45) is 22.6. The smallest absolute Gasteiger partial charge is 0.331 e. The molecule has 306 valence electrons. The van der Waals surface area contributed by atoms with Crippen molar-refractivity contribution in [3.05, 3.63) is 11.6 Å². The highest BCUT2D eigenvalue weighted by atomic mass is 16.7. The summed E-state index contributed by atoms with van der Waals surface area (Å²) in [5.74, 6) is -0.965. The van der Waals surface area contributed by atoms with Crippen LogP contribution in [0.15, 0.2) is 11.6 Å². The molecule has 11 heteroatoms. The van der Waals surface area contributed by atoms with Gasteiger partial charge in [0.05, 0.1) is 25.4 Å². The topological polar surface area (TPSA) is 190 Å². The maximum absolute atomic E-state index is 11.8. The van der Waals surface area contributed by atoms with Gasteiger partial charge in [-0.15, -0.1) is 0 Å². The standard InChI is InChI=1S/C41H76O11/c1-2-3-4-5-6-7-8-9-10-11-12-13-14-15-16-17-18-19-20-21-22-23-24-25-31(40(48)49)26-27-32(43)28-34-39(51-34)33(44)30-50-41-38(47)37(46)36(45)35(29-42)52-41/h25,32-39,41-47H,2-24,26-30H2,1H3,(H,48,49). The number of carboxylic acid groups (broad SMARTS) is 1. The van der Waals surface area contributed by atoms with E-state index >= 15 is 0 Å². The first-order valence-corrected chi connectivity index (χ1v) is 21.1. The van der Waals surface area contributed by atoms with Crippen molar-refractivity contribution < 1.29 is 54.8 Å². The third kappa shape index (κ3) is 20.5. The minimum Gasteiger partial charge on any atom is -0.478 e. The van der Waals surface area contributed by atoms with Crippen LogP contribution in [0.2, 0.25) is 0 Å². The van der Waals surface area contributed by atoms with Gasteiger partial charge in [-0.2, -0.15) is 0 Å². The van der Waals surface area contributed by atoms with Crippen molar-refractivity contribution in [2.24, 2.45) is 0 Å². The number of rotatable bonds is 34. The minimum atomic E-state index is -1.58. The van der Waals surface area contributed by atoms with Gasteiger partial charge in [0.1, 0.15) is 36.6 Å². The number of unbranched alkanes of at least 4 members (excludes halogenated alkanes) is 22. The molecule has 0 saturated carbocycles. The van der Waals surface area contributed by atoms with E-state index in [0.29, 0.717) is 12.0 Å². The van der Waals surface area contributed by atoms with Crippen LogP contribution in [-0.4, -0.2) is 110 Å². The van der Waals surface area contributed by atoms with Gasteiger partial charge < -0.3 is 50.0 Å². The van der Waals surface area contributed by atoms with Crippen LogP contribution in [-0.2, 0) is 19.0 Å². The van der Waals surface area contributed by atoms with Crippen molar-refractivity contribution in [1.82, 2.24) is 0 Å². The van der Waals surface area contributed by atoms with Crippen LogP contribution in [0.3, 0.4) is 0 Å². The van der Waals surface area contributed by atoms with Crippen LogP contribution in [0.25, 0.3) is 0 Å². The molecule has 2 heterocycles. The molecular formula is C41H76O11. The summed E-state index contributed by atoms with van der Waals surface area (Å²) in [5.41, 5.74) is 0.309. The van der Waals surface area contributed by atoms with Crippen LogP contribution in [0.4, 0.5) is 0 Å². The lowest BCUT2D eigenvalue weighted by atomic mass is 9.99. The molecule has 9 unspecified atom stereocenters. The quantitative estimate of drug-likeness (QED) is 0.0217. The van der Waals surface area contributed by atoms with E-state index in [1.54, 1.807) is 6.08 Å². The molecule has 2 saturated heterocycles. The lowest BCUT2D eigenvalue weighted by Crippen LogP contribution is -2.59. The predicted molar refractivity (Wildman–Crippen MR) is 202 cm³/mol. The number of hydrogen-bond donors (Lipinski definition) is 7. The molecule has 2 aliphatic rings. The van der Waals surface area contributed by atoms with E-state index in [1.807, 2.05) is 0 Å². The van der Waals surface area contributed by atoms with E-state index in [0.717, 1.165) is 12.8 Å². The summed E-state index contributed by atoms with van der Waals surface area (Å²) in [4.78, 5) is 11.8. The molecule has 2 rings (SSSR count). The number of epoxide rings is 1. The Morgan fingerprint density at radius 1 is 0.673 bits per heavy atom. The fraction of sp³-hybridized carbons (Fsp3) is 0.927. The summed E-state index contributed by atoms with van der Waals surface area (Å²) in [7, 11) is 0. The van der Waals surface area contributed by atoms with Crippen LogP contribution in [0, 0.1) is 0 Å². The molecule has 11 nitrogen and oxygen atoms in total. The molecule has 52 heavy (non-hydrogen) atoms. The molecule has 2 aliphatic heterocycles. The number of carbonyl (C=O) groups is 1. The number of aliphatic hydroxyl groups is 6. The van der Waals surface area contributed by atoms with Crippen LogP contribution >= 0.6 is 0 Å². The Morgan fingerprint density at radius 3 is 1.62 bits per heavy atom. The molecule has 0 bridgehead atoms. The van der Waals surface area contributed by atoms with Gasteiger partial charge in [-0.3, -0.25) is 0 Å². The van der Waals surface area contributed by atoms with E-state index in [2.05, 4.69) is 6.92 Å². The summed E-state index contributed by atoms with van der Waals surface area (Å²) in [5, 5.41) is 69.6. The lowest BCUT2D eigenvalue weighted by molar-refractivity contribution is -0.304. The Labute approximate surface area is 314 Å². The van der Waals surface area contributed by atoms with Gasteiger partial charge >= 0.3 is 5.97 Å². The highest BCUT2D eigenvalue weighted by Gasteiger charge is 2.47. The monoisotopic (exact) mass is 745 g/mol. The van der Waals surface area contributed by atoms with Crippen molar-refractivity contribution in [3.63, 3.8) is 0 Å². The van der Waals surface area contributed by atoms with E-state index in [9.17, 15) is 40.5 Å². The lowest BCUT2D eigenvalue weighted by Gasteiger charge is -2.39. The average Bonchev–Trinajstić information content (AvgIpc) is 3.90. The van der Waals surface area contributed by atoms with Crippen molar-refractivity contribution in [2.75, 3.05) is 13.2 Å². The first-order chi connectivity index (χ1) is 25.2. The van der Waals surface area contributed by atoms with Crippen molar-refractivity contribution in [2.45, 2.75) is 229 Å². The van der Waals surface area contributed by atoms with Gasteiger partial charge in [0.15, 0.2) is 6.29 Å². The molecule has 0 spiro atoms. The first-order valence-electron chi connectivity index (χ1n) is 21.1. The van der Waals surface area contributed by atoms with E-state index in [-0.39, 0.29) is 25.9 Å². The highest BCUT2D eigenvalue weighted by molar-refractivity contribution is 5.86. The number of allylic oxidation sites excluding steroid dienone is 1. The van der Waals surface area contributed by atoms with Gasteiger partial charge in [-0.1, -0.05) is 148 Å². The fourth-order valence-corrected chi connectivity index (χ4v) is 7.21. The van der Waals surface area contributed by atoms with Crippen molar-refractivity contribution in [1.29, 1.82) is 0 Å². The Morgan fingerprint density at radius 2 is 1.15 bits per heavy atom. The zero-order chi connectivity index (χ0) is 38.0. The second-order valence-corrected chi connectivity index (χ2v) is 15.4. The number of carboxylic acids is 1. The fourth-order valence-electron chi connectivity index (χ4n) is 7.21. The Hall–Kier alpha value is -1.15. The number of aliphatic carboxylic acids is 1. The molecule has 0 aromatic rings. The number of hydrogen-bond acceptors (Lipinski definition) is 10. The predicted octanol–water partition coefficient (Wildman–Crippen LogP) is 6.47. The maximum Gasteiger partial charge on any atom is 0.331 e. The normalized spacial score (nSPS) is 26.1. The molecule has 0 aromatic carbocycles. The summed E-state index contributed by atoms with van der Waals surface area (Å²) < 4.78 is 16.1.